The molecule has 1 aromatic carbocycles. The Hall–Kier alpha value is -2.04. The number of carbonyl (C=O) groups is 2. The van der Waals surface area contributed by atoms with Crippen LogP contribution in [0.4, 0.5) is 4.79 Å². The van der Waals surface area contributed by atoms with Crippen molar-refractivity contribution in [1.82, 2.24) is 4.90 Å². The summed E-state index contributed by atoms with van der Waals surface area (Å²) in [6.07, 6.45) is 3.24. The summed E-state index contributed by atoms with van der Waals surface area (Å²) in [5.74, 6) is -0.366. The van der Waals surface area contributed by atoms with Crippen LogP contribution in [0.3, 0.4) is 0 Å². The third-order valence-corrected chi connectivity index (χ3v) is 3.87. The molecule has 22 heavy (non-hydrogen) atoms. The third kappa shape index (κ3) is 4.23. The number of hydrogen-bond donors (Lipinski definition) is 0. The van der Waals surface area contributed by atoms with Gasteiger partial charge in [-0.25, -0.2) is 9.59 Å². The lowest BCUT2D eigenvalue weighted by molar-refractivity contribution is -0.182. The predicted molar refractivity (Wildman–Crippen MR) is 82.5 cm³/mol. The van der Waals surface area contributed by atoms with E-state index in [0.717, 1.165) is 25.7 Å². The third-order valence-electron chi connectivity index (χ3n) is 3.87. The Morgan fingerprint density at radius 3 is 2.59 bits per heavy atom. The minimum Gasteiger partial charge on any atom is -0.458 e. The molecule has 2 atom stereocenters. The van der Waals surface area contributed by atoms with E-state index in [1.165, 1.54) is 10.5 Å². The smallest absolute Gasteiger partial charge is 0.410 e. The quantitative estimate of drug-likeness (QED) is 0.574. The Bertz CT molecular complexity index is 503. The second-order valence-corrected chi connectivity index (χ2v) is 5.61. The first-order valence-electron chi connectivity index (χ1n) is 7.73. The number of nitrogens with zero attached hydrogens (tertiary/aromatic N) is 1. The van der Waals surface area contributed by atoms with E-state index < -0.39 is 12.1 Å². The lowest BCUT2D eigenvalue weighted by Gasteiger charge is -2.37. The van der Waals surface area contributed by atoms with E-state index in [2.05, 4.69) is 12.1 Å². The van der Waals surface area contributed by atoms with Crippen LogP contribution in [0.5, 0.6) is 0 Å². The van der Waals surface area contributed by atoms with Gasteiger partial charge in [0.2, 0.25) is 0 Å². The lowest BCUT2D eigenvalue weighted by Crippen LogP contribution is -2.59. The van der Waals surface area contributed by atoms with Crippen LogP contribution in [0.15, 0.2) is 30.3 Å². The normalized spacial score (nSPS) is 20.0. The molecule has 2 unspecified atom stereocenters. The molecule has 0 N–H and O–H groups in total. The van der Waals surface area contributed by atoms with Crippen LogP contribution in [0.2, 0.25) is 0 Å². The van der Waals surface area contributed by atoms with Crippen molar-refractivity contribution >= 4 is 12.1 Å². The minimum atomic E-state index is -0.509. The second-order valence-electron chi connectivity index (χ2n) is 5.61. The zero-order valence-corrected chi connectivity index (χ0v) is 13.2. The van der Waals surface area contributed by atoms with Crippen LogP contribution in [-0.4, -0.2) is 42.8 Å². The highest BCUT2D eigenvalue weighted by Gasteiger charge is 2.44. The summed E-state index contributed by atoms with van der Waals surface area (Å²) in [4.78, 5) is 24.4. The van der Waals surface area contributed by atoms with E-state index in [0.29, 0.717) is 6.61 Å². The van der Waals surface area contributed by atoms with Gasteiger partial charge in [0, 0.05) is 7.05 Å². The molecular weight excluding hydrogens is 282 g/mol. The van der Waals surface area contributed by atoms with Crippen molar-refractivity contribution in [2.24, 2.45) is 0 Å². The summed E-state index contributed by atoms with van der Waals surface area (Å²) >= 11 is 0. The second kappa shape index (κ2) is 7.82. The monoisotopic (exact) mass is 305 g/mol. The first-order chi connectivity index (χ1) is 10.6. The standard InChI is InChI=1S/C17H23NO4/c1-13-15(16(19)22-13)18(2)17(20)21-12-8-4-7-11-14-9-5-3-6-10-14/h3,5-6,9-10,13,15H,4,7-8,11-12H2,1-2H3. The van der Waals surface area contributed by atoms with Gasteiger partial charge in [0.05, 0.1) is 6.61 Å². The number of ether oxygens (including phenoxy) is 2. The summed E-state index contributed by atoms with van der Waals surface area (Å²) < 4.78 is 10.0. The van der Waals surface area contributed by atoms with Gasteiger partial charge < -0.3 is 9.47 Å². The molecule has 5 nitrogen and oxygen atoms in total. The van der Waals surface area contributed by atoms with Crippen molar-refractivity contribution in [2.45, 2.75) is 44.8 Å². The Labute approximate surface area is 131 Å². The molecule has 0 saturated carbocycles. The van der Waals surface area contributed by atoms with E-state index in [9.17, 15) is 9.59 Å². The molecule has 1 amide bonds. The van der Waals surface area contributed by atoms with Crippen LogP contribution in [-0.2, 0) is 20.7 Å². The molecule has 0 radical (unpaired) electrons. The van der Waals surface area contributed by atoms with E-state index in [4.69, 9.17) is 9.47 Å². The van der Waals surface area contributed by atoms with Crippen LogP contribution >= 0.6 is 0 Å². The van der Waals surface area contributed by atoms with E-state index in [-0.39, 0.29) is 12.1 Å². The topological polar surface area (TPSA) is 55.8 Å². The SMILES string of the molecule is CC1OC(=O)C1N(C)C(=O)OCCCCCc1ccccc1. The lowest BCUT2D eigenvalue weighted by atomic mass is 10.1. The highest BCUT2D eigenvalue weighted by Crippen LogP contribution is 2.20. The highest BCUT2D eigenvalue weighted by molar-refractivity contribution is 5.86. The van der Waals surface area contributed by atoms with Crippen LogP contribution < -0.4 is 0 Å². The van der Waals surface area contributed by atoms with Gasteiger partial charge in [-0.1, -0.05) is 30.3 Å². The summed E-state index contributed by atoms with van der Waals surface area (Å²) in [7, 11) is 1.57. The first-order valence-corrected chi connectivity index (χ1v) is 7.73. The van der Waals surface area contributed by atoms with Gasteiger partial charge in [0.15, 0.2) is 6.04 Å². The maximum atomic E-state index is 11.8. The van der Waals surface area contributed by atoms with Crippen molar-refractivity contribution in [1.29, 1.82) is 0 Å². The van der Waals surface area contributed by atoms with Crippen molar-refractivity contribution in [3.63, 3.8) is 0 Å². The molecule has 1 fully saturated rings. The molecule has 1 aliphatic rings. The molecule has 0 aliphatic carbocycles. The Morgan fingerprint density at radius 1 is 1.23 bits per heavy atom. The van der Waals surface area contributed by atoms with Crippen LogP contribution in [0.25, 0.3) is 0 Å². The molecule has 1 heterocycles. The fraction of sp³-hybridized carbons (Fsp3) is 0.529. The zero-order chi connectivity index (χ0) is 15.9. The Balaban J connectivity index is 1.56. The van der Waals surface area contributed by atoms with Gasteiger partial charge in [0.1, 0.15) is 6.10 Å². The van der Waals surface area contributed by atoms with E-state index >= 15 is 0 Å². The van der Waals surface area contributed by atoms with E-state index in [1.807, 2.05) is 18.2 Å². The number of amides is 1. The number of hydrogen-bond acceptors (Lipinski definition) is 4. The minimum absolute atomic E-state index is 0.254. The summed E-state index contributed by atoms with van der Waals surface area (Å²) in [5.41, 5.74) is 1.33. The number of likely N-dealkylation sites (N-methyl/N-ethyl adjacent to an activating group) is 1. The molecule has 2 rings (SSSR count). The Kier molecular flexibility index (Phi) is 5.81. The number of unbranched alkanes of at least 4 members (excludes halogenated alkanes) is 2. The summed E-state index contributed by atoms with van der Waals surface area (Å²) in [5, 5.41) is 0. The summed E-state index contributed by atoms with van der Waals surface area (Å²) in [6, 6.07) is 9.82. The van der Waals surface area contributed by atoms with Crippen LogP contribution in [0, 0.1) is 0 Å². The number of cyclic esters (lactones) is 1. The largest absolute Gasteiger partial charge is 0.458 e. The number of aryl methyl sites for hydroxylation is 1. The van der Waals surface area contributed by atoms with Gasteiger partial charge in [0.25, 0.3) is 0 Å². The van der Waals surface area contributed by atoms with Crippen molar-refractivity contribution in [3.05, 3.63) is 35.9 Å². The van der Waals surface area contributed by atoms with Crippen molar-refractivity contribution in [3.8, 4) is 0 Å². The molecule has 1 saturated heterocycles. The average molecular weight is 305 g/mol. The van der Waals surface area contributed by atoms with Gasteiger partial charge >= 0.3 is 12.1 Å². The zero-order valence-electron chi connectivity index (χ0n) is 13.2. The molecule has 5 heteroatoms. The Morgan fingerprint density at radius 2 is 1.95 bits per heavy atom. The average Bonchev–Trinajstić information content (AvgIpc) is 2.51. The maximum absolute atomic E-state index is 11.8. The number of carbonyl (C=O) groups excluding carboxylic acids is 2. The molecule has 0 bridgehead atoms. The fourth-order valence-corrected chi connectivity index (χ4v) is 2.54. The van der Waals surface area contributed by atoms with Gasteiger partial charge in [-0.05, 0) is 38.2 Å². The predicted octanol–water partition coefficient (Wildman–Crippen LogP) is 2.78. The maximum Gasteiger partial charge on any atom is 0.410 e. The number of esters is 1. The molecule has 1 aromatic rings. The fourth-order valence-electron chi connectivity index (χ4n) is 2.54. The van der Waals surface area contributed by atoms with Gasteiger partial charge in [-0.3, -0.25) is 4.90 Å². The van der Waals surface area contributed by atoms with Crippen molar-refractivity contribution < 1.29 is 19.1 Å². The molecular formula is C17H23NO4. The number of benzene rings is 1. The van der Waals surface area contributed by atoms with E-state index in [1.54, 1.807) is 14.0 Å². The van der Waals surface area contributed by atoms with Crippen molar-refractivity contribution in [2.75, 3.05) is 13.7 Å². The summed E-state index contributed by atoms with van der Waals surface area (Å²) in [6.45, 7) is 2.15. The molecule has 0 spiro atoms. The molecule has 1 aliphatic heterocycles. The molecule has 120 valence electrons. The molecule has 0 aromatic heterocycles. The first kappa shape index (κ1) is 16.3. The van der Waals surface area contributed by atoms with Crippen LogP contribution in [0.1, 0.15) is 31.7 Å². The highest BCUT2D eigenvalue weighted by atomic mass is 16.6. The van der Waals surface area contributed by atoms with Gasteiger partial charge in [-0.2, -0.15) is 0 Å². The van der Waals surface area contributed by atoms with Gasteiger partial charge in [-0.15, -0.1) is 0 Å². The number of rotatable bonds is 7.